The first-order valence-electron chi connectivity index (χ1n) is 6.45. The molecule has 0 fully saturated rings. The van der Waals surface area contributed by atoms with E-state index in [1.54, 1.807) is 10.9 Å². The minimum atomic E-state index is -0.185. The second kappa shape index (κ2) is 5.45. The number of benzene rings is 1. The van der Waals surface area contributed by atoms with Crippen LogP contribution in [0.25, 0.3) is 0 Å². The van der Waals surface area contributed by atoms with Crippen LogP contribution in [0.4, 0.5) is 0 Å². The monoisotopic (exact) mass is 259 g/mol. The molecular formula is C15H21N3O. The number of nitrogens with zero attached hydrogens (tertiary/aromatic N) is 2. The van der Waals surface area contributed by atoms with Crippen molar-refractivity contribution < 1.29 is 4.74 Å². The van der Waals surface area contributed by atoms with E-state index < -0.39 is 0 Å². The zero-order chi connectivity index (χ0) is 14.0. The van der Waals surface area contributed by atoms with Crippen molar-refractivity contribution in [3.05, 3.63) is 47.3 Å². The fourth-order valence-corrected chi connectivity index (χ4v) is 2.13. The summed E-state index contributed by atoms with van der Waals surface area (Å²) in [7, 11) is 1.89. The highest BCUT2D eigenvalue weighted by Gasteiger charge is 2.20. The molecule has 1 aromatic carbocycles. The maximum absolute atomic E-state index is 6.08. The van der Waals surface area contributed by atoms with Gasteiger partial charge in [-0.3, -0.25) is 4.68 Å². The summed E-state index contributed by atoms with van der Waals surface area (Å²) in [6.45, 7) is 6.06. The minimum Gasteiger partial charge on any atom is -0.484 e. The predicted octanol–water partition coefficient (Wildman–Crippen LogP) is 2.50. The van der Waals surface area contributed by atoms with Gasteiger partial charge < -0.3 is 10.5 Å². The highest BCUT2D eigenvalue weighted by Crippen LogP contribution is 2.27. The third-order valence-corrected chi connectivity index (χ3v) is 3.12. The molecule has 4 heteroatoms. The molecule has 0 bridgehead atoms. The van der Waals surface area contributed by atoms with Gasteiger partial charge in [0.2, 0.25) is 0 Å². The molecule has 0 radical (unpaired) electrons. The van der Waals surface area contributed by atoms with Crippen LogP contribution >= 0.6 is 0 Å². The van der Waals surface area contributed by atoms with Gasteiger partial charge in [-0.1, -0.05) is 17.7 Å². The molecule has 102 valence electrons. The van der Waals surface area contributed by atoms with Gasteiger partial charge in [-0.25, -0.2) is 0 Å². The van der Waals surface area contributed by atoms with Crippen LogP contribution < -0.4 is 10.5 Å². The molecule has 19 heavy (non-hydrogen) atoms. The predicted molar refractivity (Wildman–Crippen MR) is 76.1 cm³/mol. The van der Waals surface area contributed by atoms with E-state index in [-0.39, 0.29) is 12.1 Å². The molecule has 0 saturated carbocycles. The standard InChI is InChI=1S/C15H21N3O/c1-10-5-6-14(11(2)7-10)19-15(12(3)16)13-8-17-18(4)9-13/h5-9,12,15H,16H2,1-4H3. The molecule has 2 N–H and O–H groups in total. The SMILES string of the molecule is Cc1ccc(OC(c2cnn(C)c2)C(C)N)c(C)c1. The van der Waals surface area contributed by atoms with Gasteiger partial charge in [0.15, 0.2) is 0 Å². The molecule has 2 unspecified atom stereocenters. The second-order valence-corrected chi connectivity index (χ2v) is 5.11. The van der Waals surface area contributed by atoms with Gasteiger partial charge in [-0.15, -0.1) is 0 Å². The Morgan fingerprint density at radius 1 is 1.32 bits per heavy atom. The van der Waals surface area contributed by atoms with Crippen molar-refractivity contribution in [3.8, 4) is 5.75 Å². The third kappa shape index (κ3) is 3.15. The Morgan fingerprint density at radius 2 is 2.05 bits per heavy atom. The zero-order valence-electron chi connectivity index (χ0n) is 11.9. The van der Waals surface area contributed by atoms with Crippen molar-refractivity contribution >= 4 is 0 Å². The summed E-state index contributed by atoms with van der Waals surface area (Å²) in [5.74, 6) is 0.872. The van der Waals surface area contributed by atoms with Gasteiger partial charge in [-0.2, -0.15) is 5.10 Å². The molecule has 0 amide bonds. The molecule has 0 aliphatic rings. The lowest BCUT2D eigenvalue weighted by molar-refractivity contribution is 0.179. The van der Waals surface area contributed by atoms with Crippen LogP contribution in [0.1, 0.15) is 29.7 Å². The van der Waals surface area contributed by atoms with Gasteiger partial charge in [0, 0.05) is 24.8 Å². The van der Waals surface area contributed by atoms with Crippen LogP contribution in [0.5, 0.6) is 5.75 Å². The van der Waals surface area contributed by atoms with Crippen LogP contribution in [0.15, 0.2) is 30.6 Å². The van der Waals surface area contributed by atoms with Crippen molar-refractivity contribution in [2.45, 2.75) is 32.9 Å². The van der Waals surface area contributed by atoms with E-state index in [0.717, 1.165) is 16.9 Å². The average Bonchev–Trinajstić information content (AvgIpc) is 2.74. The number of aryl methyl sites for hydroxylation is 3. The lowest BCUT2D eigenvalue weighted by Crippen LogP contribution is -2.29. The Balaban J connectivity index is 2.26. The van der Waals surface area contributed by atoms with Gasteiger partial charge in [0.1, 0.15) is 11.9 Å². The van der Waals surface area contributed by atoms with Crippen LogP contribution in [0, 0.1) is 13.8 Å². The Kier molecular flexibility index (Phi) is 3.90. The van der Waals surface area contributed by atoms with Crippen LogP contribution in [-0.2, 0) is 7.05 Å². The molecule has 1 aromatic heterocycles. The molecule has 1 heterocycles. The number of nitrogens with two attached hydrogens (primary N) is 1. The first kappa shape index (κ1) is 13.6. The topological polar surface area (TPSA) is 53.1 Å². The Morgan fingerprint density at radius 3 is 2.58 bits per heavy atom. The number of hydrogen-bond donors (Lipinski definition) is 1. The quantitative estimate of drug-likeness (QED) is 0.918. The number of rotatable bonds is 4. The number of aromatic nitrogens is 2. The third-order valence-electron chi connectivity index (χ3n) is 3.12. The highest BCUT2D eigenvalue weighted by molar-refractivity contribution is 5.36. The summed E-state index contributed by atoms with van der Waals surface area (Å²) in [6.07, 6.45) is 3.56. The maximum Gasteiger partial charge on any atom is 0.141 e. The molecule has 2 rings (SSSR count). The fraction of sp³-hybridized carbons (Fsp3) is 0.400. The average molecular weight is 259 g/mol. The van der Waals surface area contributed by atoms with Gasteiger partial charge in [0.05, 0.1) is 6.20 Å². The summed E-state index contributed by atoms with van der Waals surface area (Å²) < 4.78 is 7.84. The zero-order valence-corrected chi connectivity index (χ0v) is 11.9. The molecule has 0 spiro atoms. The minimum absolute atomic E-state index is 0.107. The first-order chi connectivity index (χ1) is 8.97. The maximum atomic E-state index is 6.08. The van der Waals surface area contributed by atoms with E-state index in [1.165, 1.54) is 5.56 Å². The molecule has 2 aromatic rings. The molecule has 0 aliphatic carbocycles. The van der Waals surface area contributed by atoms with Gasteiger partial charge in [-0.05, 0) is 32.4 Å². The molecular weight excluding hydrogens is 238 g/mol. The van der Waals surface area contributed by atoms with Crippen molar-refractivity contribution in [1.29, 1.82) is 0 Å². The summed E-state index contributed by atoms with van der Waals surface area (Å²) in [6, 6.07) is 6.04. The number of ether oxygens (including phenoxy) is 1. The smallest absolute Gasteiger partial charge is 0.141 e. The lowest BCUT2D eigenvalue weighted by atomic mass is 10.1. The number of hydrogen-bond acceptors (Lipinski definition) is 3. The largest absolute Gasteiger partial charge is 0.484 e. The van der Waals surface area contributed by atoms with E-state index >= 15 is 0 Å². The van der Waals surface area contributed by atoms with E-state index in [9.17, 15) is 0 Å². The van der Waals surface area contributed by atoms with E-state index in [4.69, 9.17) is 10.5 Å². The molecule has 0 saturated heterocycles. The highest BCUT2D eigenvalue weighted by atomic mass is 16.5. The van der Waals surface area contributed by atoms with E-state index in [1.807, 2.05) is 39.2 Å². The van der Waals surface area contributed by atoms with E-state index in [0.29, 0.717) is 0 Å². The Bertz CT molecular complexity index is 560. The van der Waals surface area contributed by atoms with Crippen molar-refractivity contribution in [3.63, 3.8) is 0 Å². The Hall–Kier alpha value is -1.81. The molecule has 4 nitrogen and oxygen atoms in total. The lowest BCUT2D eigenvalue weighted by Gasteiger charge is -2.22. The van der Waals surface area contributed by atoms with Gasteiger partial charge >= 0.3 is 0 Å². The van der Waals surface area contributed by atoms with Crippen molar-refractivity contribution in [2.75, 3.05) is 0 Å². The van der Waals surface area contributed by atoms with Crippen molar-refractivity contribution in [2.24, 2.45) is 12.8 Å². The second-order valence-electron chi connectivity index (χ2n) is 5.11. The summed E-state index contributed by atoms with van der Waals surface area (Å²) in [5.41, 5.74) is 9.39. The fourth-order valence-electron chi connectivity index (χ4n) is 2.13. The molecule has 2 atom stereocenters. The first-order valence-corrected chi connectivity index (χ1v) is 6.45. The van der Waals surface area contributed by atoms with Crippen molar-refractivity contribution in [1.82, 2.24) is 9.78 Å². The summed E-state index contributed by atoms with van der Waals surface area (Å²) in [4.78, 5) is 0. The summed E-state index contributed by atoms with van der Waals surface area (Å²) in [5, 5.41) is 4.18. The summed E-state index contributed by atoms with van der Waals surface area (Å²) >= 11 is 0. The Labute approximate surface area is 114 Å². The van der Waals surface area contributed by atoms with Crippen LogP contribution in [0.3, 0.4) is 0 Å². The van der Waals surface area contributed by atoms with Crippen LogP contribution in [0.2, 0.25) is 0 Å². The van der Waals surface area contributed by atoms with Crippen LogP contribution in [-0.4, -0.2) is 15.8 Å². The normalized spacial score (nSPS) is 14.2. The molecule has 0 aliphatic heterocycles. The van der Waals surface area contributed by atoms with Gasteiger partial charge in [0.25, 0.3) is 0 Å². The van der Waals surface area contributed by atoms with E-state index in [2.05, 4.69) is 18.1 Å².